The fourth-order valence-corrected chi connectivity index (χ4v) is 3.18. The van der Waals surface area contributed by atoms with Gasteiger partial charge in [0.25, 0.3) is 10.1 Å². The van der Waals surface area contributed by atoms with Crippen LogP contribution in [0.25, 0.3) is 17.0 Å². The fourth-order valence-electron chi connectivity index (χ4n) is 2.84. The zero-order chi connectivity index (χ0) is 21.3. The van der Waals surface area contributed by atoms with Gasteiger partial charge in [-0.2, -0.15) is 8.42 Å². The van der Waals surface area contributed by atoms with Crippen molar-refractivity contribution in [2.45, 2.75) is 13.5 Å². The Kier molecular flexibility index (Phi) is 5.14. The molecule has 4 rings (SSSR count). The van der Waals surface area contributed by atoms with Gasteiger partial charge in [-0.1, -0.05) is 6.07 Å². The minimum atomic E-state index is -3.65. The van der Waals surface area contributed by atoms with Gasteiger partial charge in [0.05, 0.1) is 24.7 Å². The van der Waals surface area contributed by atoms with Crippen LogP contribution in [-0.2, 0) is 20.9 Å². The number of nitrogens with zero attached hydrogens (tertiary/aromatic N) is 5. The Morgan fingerprint density at radius 3 is 2.77 bits per heavy atom. The van der Waals surface area contributed by atoms with Crippen molar-refractivity contribution in [2.75, 3.05) is 11.6 Å². The third-order valence-electron chi connectivity index (χ3n) is 4.17. The Morgan fingerprint density at radius 1 is 1.20 bits per heavy atom. The summed E-state index contributed by atoms with van der Waals surface area (Å²) in [5.41, 5.74) is 2.45. The SMILES string of the molecule is Cc1cccc(-c2nc(Nc3ccncc3F)c3c(COS(C)(=O)=O)ccn3n2)n1. The van der Waals surface area contributed by atoms with Crippen LogP contribution in [0, 0.1) is 12.7 Å². The predicted molar refractivity (Wildman–Crippen MR) is 108 cm³/mol. The number of halogens is 1. The van der Waals surface area contributed by atoms with E-state index >= 15 is 0 Å². The van der Waals surface area contributed by atoms with Crippen LogP contribution < -0.4 is 5.32 Å². The molecule has 4 heterocycles. The summed E-state index contributed by atoms with van der Waals surface area (Å²) in [5.74, 6) is 0.0184. The van der Waals surface area contributed by atoms with Crippen LogP contribution in [0.4, 0.5) is 15.9 Å². The molecular weight excluding hydrogens is 411 g/mol. The first-order valence-electron chi connectivity index (χ1n) is 8.83. The highest BCUT2D eigenvalue weighted by atomic mass is 32.2. The zero-order valence-corrected chi connectivity index (χ0v) is 16.9. The molecule has 0 aromatic carbocycles. The number of hydrogen-bond acceptors (Lipinski definition) is 8. The number of anilines is 2. The number of rotatable bonds is 6. The van der Waals surface area contributed by atoms with Gasteiger partial charge in [-0.3, -0.25) is 9.17 Å². The Hall–Kier alpha value is -3.44. The van der Waals surface area contributed by atoms with E-state index in [-0.39, 0.29) is 18.1 Å². The summed E-state index contributed by atoms with van der Waals surface area (Å²) < 4.78 is 43.5. The fraction of sp³-hybridized carbons (Fsp3) is 0.158. The number of nitrogens with one attached hydrogen (secondary N) is 1. The van der Waals surface area contributed by atoms with E-state index in [2.05, 4.69) is 25.4 Å². The molecule has 9 nitrogen and oxygen atoms in total. The van der Waals surface area contributed by atoms with Crippen LogP contribution in [0.5, 0.6) is 0 Å². The highest BCUT2D eigenvalue weighted by molar-refractivity contribution is 7.85. The highest BCUT2D eigenvalue weighted by Crippen LogP contribution is 2.27. The van der Waals surface area contributed by atoms with Crippen LogP contribution in [0.3, 0.4) is 0 Å². The minimum absolute atomic E-state index is 0.157. The van der Waals surface area contributed by atoms with E-state index in [1.54, 1.807) is 18.3 Å². The molecule has 0 saturated carbocycles. The topological polar surface area (TPSA) is 111 Å². The van der Waals surface area contributed by atoms with Crippen molar-refractivity contribution in [1.29, 1.82) is 0 Å². The molecule has 0 saturated heterocycles. The molecule has 0 fully saturated rings. The van der Waals surface area contributed by atoms with E-state index in [0.29, 0.717) is 22.6 Å². The summed E-state index contributed by atoms with van der Waals surface area (Å²) in [5, 5.41) is 7.41. The van der Waals surface area contributed by atoms with Crippen molar-refractivity contribution in [2.24, 2.45) is 0 Å². The number of fused-ring (bicyclic) bond motifs is 1. The van der Waals surface area contributed by atoms with Gasteiger partial charge in [0, 0.05) is 23.7 Å². The maximum Gasteiger partial charge on any atom is 0.264 e. The smallest absolute Gasteiger partial charge is 0.264 e. The molecule has 0 aliphatic heterocycles. The van der Waals surface area contributed by atoms with Crippen molar-refractivity contribution >= 4 is 27.1 Å². The molecule has 4 aromatic rings. The summed E-state index contributed by atoms with van der Waals surface area (Å²) in [6, 6.07) is 8.58. The Bertz CT molecular complexity index is 1340. The lowest BCUT2D eigenvalue weighted by atomic mass is 10.2. The van der Waals surface area contributed by atoms with E-state index in [9.17, 15) is 12.8 Å². The van der Waals surface area contributed by atoms with E-state index in [1.807, 2.05) is 19.1 Å². The number of aromatic nitrogens is 5. The van der Waals surface area contributed by atoms with Gasteiger partial charge < -0.3 is 5.32 Å². The molecule has 0 bridgehead atoms. The van der Waals surface area contributed by atoms with Crippen molar-refractivity contribution < 1.29 is 17.0 Å². The van der Waals surface area contributed by atoms with E-state index in [4.69, 9.17) is 4.18 Å². The second-order valence-electron chi connectivity index (χ2n) is 6.53. The lowest BCUT2D eigenvalue weighted by Crippen LogP contribution is -2.07. The van der Waals surface area contributed by atoms with Gasteiger partial charge in [-0.15, -0.1) is 5.10 Å². The summed E-state index contributed by atoms with van der Waals surface area (Å²) in [4.78, 5) is 12.7. The first-order valence-corrected chi connectivity index (χ1v) is 10.6. The maximum atomic E-state index is 14.2. The molecule has 1 N–H and O–H groups in total. The number of aryl methyl sites for hydroxylation is 1. The molecule has 154 valence electrons. The standard InChI is InChI=1S/C19H17FN6O3S/c1-12-4-3-5-16(22-12)18-24-19(23-15-6-8-21-10-14(15)20)17-13(7-9-26(17)25-18)11-29-30(2,27)28/h3-10H,11H2,1-2H3,(H,21,23,24,25). The van der Waals surface area contributed by atoms with Gasteiger partial charge in [-0.25, -0.2) is 18.9 Å². The summed E-state index contributed by atoms with van der Waals surface area (Å²) in [6.07, 6.45) is 5.13. The molecule has 0 aliphatic rings. The first kappa shape index (κ1) is 19.9. The quantitative estimate of drug-likeness (QED) is 0.467. The van der Waals surface area contributed by atoms with E-state index < -0.39 is 15.9 Å². The maximum absolute atomic E-state index is 14.2. The van der Waals surface area contributed by atoms with Gasteiger partial charge in [0.1, 0.15) is 11.2 Å². The predicted octanol–water partition coefficient (Wildman–Crippen LogP) is 2.85. The molecule has 0 spiro atoms. The second kappa shape index (κ2) is 7.76. The average molecular weight is 428 g/mol. The molecule has 30 heavy (non-hydrogen) atoms. The molecule has 0 atom stereocenters. The van der Waals surface area contributed by atoms with Crippen LogP contribution >= 0.6 is 0 Å². The van der Waals surface area contributed by atoms with Gasteiger partial charge >= 0.3 is 0 Å². The van der Waals surface area contributed by atoms with Crippen molar-refractivity contribution in [3.63, 3.8) is 0 Å². The molecule has 0 radical (unpaired) electrons. The van der Waals surface area contributed by atoms with Gasteiger partial charge in [0.2, 0.25) is 5.82 Å². The Labute approximate surface area is 171 Å². The Balaban J connectivity index is 1.86. The third-order valence-corrected chi connectivity index (χ3v) is 4.71. The van der Waals surface area contributed by atoms with Crippen molar-refractivity contribution in [3.05, 3.63) is 66.0 Å². The lowest BCUT2D eigenvalue weighted by Gasteiger charge is -2.12. The summed E-state index contributed by atoms with van der Waals surface area (Å²) in [7, 11) is -3.65. The second-order valence-corrected chi connectivity index (χ2v) is 8.17. The lowest BCUT2D eigenvalue weighted by molar-refractivity contribution is 0.313. The molecule has 11 heteroatoms. The average Bonchev–Trinajstić information content (AvgIpc) is 3.11. The summed E-state index contributed by atoms with van der Waals surface area (Å²) in [6.45, 7) is 1.64. The van der Waals surface area contributed by atoms with Crippen LogP contribution in [-0.4, -0.2) is 39.2 Å². The van der Waals surface area contributed by atoms with Crippen LogP contribution in [0.2, 0.25) is 0 Å². The van der Waals surface area contributed by atoms with Gasteiger partial charge in [0.15, 0.2) is 11.6 Å². The van der Waals surface area contributed by atoms with Crippen LogP contribution in [0.1, 0.15) is 11.3 Å². The van der Waals surface area contributed by atoms with E-state index in [0.717, 1.165) is 18.1 Å². The molecule has 4 aromatic heterocycles. The first-order chi connectivity index (χ1) is 14.3. The minimum Gasteiger partial charge on any atom is -0.336 e. The summed E-state index contributed by atoms with van der Waals surface area (Å²) >= 11 is 0. The molecule has 0 aliphatic carbocycles. The zero-order valence-electron chi connectivity index (χ0n) is 16.1. The molecule has 0 unspecified atom stereocenters. The molecule has 0 amide bonds. The third kappa shape index (κ3) is 4.26. The normalized spacial score (nSPS) is 11.7. The van der Waals surface area contributed by atoms with Gasteiger partial charge in [-0.05, 0) is 31.2 Å². The largest absolute Gasteiger partial charge is 0.336 e. The van der Waals surface area contributed by atoms with Crippen molar-refractivity contribution in [3.8, 4) is 11.5 Å². The number of pyridine rings is 2. The van der Waals surface area contributed by atoms with Crippen molar-refractivity contribution in [1.82, 2.24) is 24.6 Å². The van der Waals surface area contributed by atoms with E-state index in [1.165, 1.54) is 16.8 Å². The number of hydrogen-bond donors (Lipinski definition) is 1. The monoisotopic (exact) mass is 428 g/mol. The van der Waals surface area contributed by atoms with Crippen LogP contribution in [0.15, 0.2) is 48.9 Å². The Morgan fingerprint density at radius 2 is 2.03 bits per heavy atom. The molecular formula is C19H17FN6O3S. The highest BCUT2D eigenvalue weighted by Gasteiger charge is 2.17.